The van der Waals surface area contributed by atoms with Gasteiger partial charge in [-0.3, -0.25) is 0 Å². The normalized spacial score (nSPS) is 11.8. The summed E-state index contributed by atoms with van der Waals surface area (Å²) in [7, 11) is 203. The molecular formula is C48B30O. The van der Waals surface area contributed by atoms with E-state index in [1.54, 1.807) is 0 Å². The molecule has 0 aliphatic heterocycles. The van der Waals surface area contributed by atoms with Crippen molar-refractivity contribution in [2.75, 3.05) is 0 Å². The van der Waals surface area contributed by atoms with E-state index >= 15 is 0 Å². The molecule has 31 heteroatoms. The second kappa shape index (κ2) is 19.6. The van der Waals surface area contributed by atoms with Crippen LogP contribution in [0.25, 0.3) is 98.8 Å². The van der Waals surface area contributed by atoms with E-state index in [0.29, 0.717) is 0 Å². The summed E-state index contributed by atoms with van der Waals surface area (Å²) in [5.41, 5.74) is -6.29. The van der Waals surface area contributed by atoms with Crippen LogP contribution in [0.5, 0.6) is 0 Å². The van der Waals surface area contributed by atoms with Crippen molar-refractivity contribution >= 4 is 454 Å². The minimum atomic E-state index is -0.304. The average molecular weight is 917 g/mol. The van der Waals surface area contributed by atoms with Crippen LogP contribution in [0, 0.1) is 0 Å². The maximum atomic E-state index is 7.23. The lowest BCUT2D eigenvalue weighted by Gasteiger charge is -2.34. The van der Waals surface area contributed by atoms with Crippen LogP contribution < -0.4 is 164 Å². The molecule has 0 spiro atoms. The summed E-state index contributed by atoms with van der Waals surface area (Å²) in [6.45, 7) is 0. The van der Waals surface area contributed by atoms with Crippen LogP contribution in [0.15, 0.2) is 4.42 Å². The van der Waals surface area contributed by atoms with Gasteiger partial charge in [0.1, 0.15) is 247 Å². The summed E-state index contributed by atoms with van der Waals surface area (Å²) in [6.07, 6.45) is 0. The molecule has 0 atom stereocenters. The first-order chi connectivity index (χ1) is 36.8. The largest absolute Gasteiger partial charge is 0.457 e. The molecule has 0 aliphatic rings. The van der Waals surface area contributed by atoms with Crippen LogP contribution in [0.1, 0.15) is 0 Å². The molecular weight excluding hydrogens is 917 g/mol. The molecule has 1 aromatic heterocycles. The fourth-order valence-electron chi connectivity index (χ4n) is 11.0. The Hall–Kier alpha value is -4.49. The molecule has 0 amide bonds. The quantitative estimate of drug-likeness (QED) is 0.127. The van der Waals surface area contributed by atoms with Gasteiger partial charge in [0, 0.05) is 10.8 Å². The van der Waals surface area contributed by atoms with Gasteiger partial charge in [0.15, 0.2) is 0 Å². The van der Waals surface area contributed by atoms with Crippen molar-refractivity contribution in [2.24, 2.45) is 0 Å². The van der Waals surface area contributed by atoms with Gasteiger partial charge < -0.3 is 4.42 Å². The van der Waals surface area contributed by atoms with Gasteiger partial charge in [-0.2, -0.15) is 0 Å². The van der Waals surface area contributed by atoms with Crippen molar-refractivity contribution in [1.82, 2.24) is 0 Å². The van der Waals surface area contributed by atoms with Crippen molar-refractivity contribution in [3.63, 3.8) is 0 Å². The Morgan fingerprint density at radius 3 is 0.658 bits per heavy atom. The monoisotopic (exact) mass is 922 g/mol. The Balaban J connectivity index is 1.39. The zero-order chi connectivity index (χ0) is 58.4. The van der Waals surface area contributed by atoms with E-state index in [9.17, 15) is 0 Å². The van der Waals surface area contributed by atoms with Crippen LogP contribution in [-0.2, 0) is 0 Å². The van der Waals surface area contributed by atoms with E-state index in [-0.39, 0.29) is 263 Å². The molecule has 0 unspecified atom stereocenters. The second-order valence-corrected chi connectivity index (χ2v) is 19.2. The Bertz CT molecular complexity index is 4460. The fraction of sp³-hybridized carbons (Fsp3) is 0. The van der Waals surface area contributed by atoms with Crippen LogP contribution in [0.2, 0.25) is 0 Å². The topological polar surface area (TPSA) is 13.1 Å². The summed E-state index contributed by atoms with van der Waals surface area (Å²) in [4.78, 5) is 0. The number of fused-ring (bicyclic) bond motifs is 6. The summed E-state index contributed by atoms with van der Waals surface area (Å²) < 4.78 is 6.28. The standard InChI is InChI=1S/C48B30O/c49-17-7(28(60)36(68)29(61)9(17)13-31(63)43(75)45(77)44(76)32(13)64)1-3-5(22(54)39(71)37(69)20(3)52)2(6-4(1)21(53)38(70)40(72)23(6)55)8-24(56)26(58)12(27(59)25(8)57)10-18(50)16-15-19(51)11-14(33(65)42(74)41(73)30(11)62)35(67)47(15)79-48(16)46(78)34(10)66. The molecule has 10 rings (SSSR count). The molecule has 0 saturated carbocycles. The first-order valence-electron chi connectivity index (χ1n) is 23.1. The molecule has 60 radical (unpaired) electrons. The maximum Gasteiger partial charge on any atom is 0.128 e. The lowest BCUT2D eigenvalue weighted by Crippen LogP contribution is -2.57. The van der Waals surface area contributed by atoms with Gasteiger partial charge in [-0.15, -0.1) is 54.6 Å². The van der Waals surface area contributed by atoms with Crippen LogP contribution in [0.3, 0.4) is 0 Å². The summed E-state index contributed by atoms with van der Waals surface area (Å²) in [5.74, 6) is 0. The van der Waals surface area contributed by atoms with Gasteiger partial charge >= 0.3 is 0 Å². The highest BCUT2D eigenvalue weighted by molar-refractivity contribution is 6.77. The first-order valence-corrected chi connectivity index (χ1v) is 23.1. The maximum absolute atomic E-state index is 7.23. The minimum Gasteiger partial charge on any atom is -0.457 e. The summed E-state index contributed by atoms with van der Waals surface area (Å²) in [6, 6.07) is 0. The summed E-state index contributed by atoms with van der Waals surface area (Å²) >= 11 is 0. The lowest BCUT2D eigenvalue weighted by atomic mass is 9.54. The number of hydrogen-bond donors (Lipinski definition) is 0. The summed E-state index contributed by atoms with van der Waals surface area (Å²) in [5, 5.41) is 0.263. The smallest absolute Gasteiger partial charge is 0.128 e. The van der Waals surface area contributed by atoms with Gasteiger partial charge in [0.05, 0.1) is 0 Å². The molecule has 1 heterocycles. The Labute approximate surface area is 498 Å². The van der Waals surface area contributed by atoms with E-state index in [1.807, 2.05) is 0 Å². The molecule has 0 N–H and O–H groups in total. The van der Waals surface area contributed by atoms with Crippen molar-refractivity contribution in [3.8, 4) is 44.5 Å². The average Bonchev–Trinajstić information content (AvgIpc) is 3.83. The number of benzene rings is 9. The van der Waals surface area contributed by atoms with E-state index in [0.717, 1.165) is 0 Å². The van der Waals surface area contributed by atoms with Crippen molar-refractivity contribution < 1.29 is 4.42 Å². The molecule has 0 saturated heterocycles. The van der Waals surface area contributed by atoms with Crippen LogP contribution in [0.4, 0.5) is 0 Å². The lowest BCUT2D eigenvalue weighted by molar-refractivity contribution is 0.675. The zero-order valence-electron chi connectivity index (χ0n) is 41.7. The van der Waals surface area contributed by atoms with Crippen molar-refractivity contribution in [2.45, 2.75) is 0 Å². The van der Waals surface area contributed by atoms with Gasteiger partial charge in [0.25, 0.3) is 0 Å². The number of furan rings is 1. The van der Waals surface area contributed by atoms with Crippen LogP contribution >= 0.6 is 0 Å². The predicted octanol–water partition coefficient (Wildman–Crippen LogP) is -22.5. The van der Waals surface area contributed by atoms with Gasteiger partial charge in [-0.1, -0.05) is 104 Å². The third kappa shape index (κ3) is 7.52. The SMILES string of the molecule is [B]c1c([B])c([B])c(-c2c([B])c([B])c([B])c(-c3c4c([B])c([B])c([B])c([B])c4c(-c4c([B])c([B])c(-c5c([B])c([B])c6oc7c([B])c8c([B])c([B])c([B])c([B])c8c([B])c7c6c5[B])c([B])c4[B])c4c([B])c([B])c([B])c([B])c34)c2[B])c([B])c1[B]. The van der Waals surface area contributed by atoms with Crippen molar-refractivity contribution in [1.29, 1.82) is 0 Å². The van der Waals surface area contributed by atoms with E-state index in [4.69, 9.17) is 240 Å². The van der Waals surface area contributed by atoms with E-state index in [1.165, 1.54) is 0 Å². The zero-order valence-corrected chi connectivity index (χ0v) is 41.7. The van der Waals surface area contributed by atoms with Crippen molar-refractivity contribution in [3.05, 3.63) is 0 Å². The van der Waals surface area contributed by atoms with E-state index in [2.05, 4.69) is 0 Å². The fourth-order valence-corrected chi connectivity index (χ4v) is 11.0. The third-order valence-electron chi connectivity index (χ3n) is 15.3. The Morgan fingerprint density at radius 1 is 0.114 bits per heavy atom. The van der Waals surface area contributed by atoms with Crippen LogP contribution in [-0.4, -0.2) is 235 Å². The highest BCUT2D eigenvalue weighted by Crippen LogP contribution is 2.39. The van der Waals surface area contributed by atoms with Gasteiger partial charge in [0.2, 0.25) is 0 Å². The highest BCUT2D eigenvalue weighted by Gasteiger charge is 2.31. The molecule has 0 aliphatic carbocycles. The molecule has 0 bridgehead atoms. The molecule has 1 nitrogen and oxygen atoms in total. The Morgan fingerprint density at radius 2 is 0.304 bits per heavy atom. The van der Waals surface area contributed by atoms with Gasteiger partial charge in [-0.05, 0) is 82.3 Å². The van der Waals surface area contributed by atoms with E-state index < -0.39 is 0 Å². The number of rotatable bonds is 4. The Kier molecular flexibility index (Phi) is 14.3. The number of hydrogen-bond acceptors (Lipinski definition) is 1. The minimum absolute atomic E-state index is 0.00872. The third-order valence-corrected chi connectivity index (χ3v) is 15.3. The molecule has 288 valence electrons. The highest BCUT2D eigenvalue weighted by atomic mass is 16.3. The molecule has 9 aromatic carbocycles. The predicted molar refractivity (Wildman–Crippen MR) is 370 cm³/mol. The first kappa shape index (κ1) is 57.7. The molecule has 79 heavy (non-hydrogen) atoms. The second-order valence-electron chi connectivity index (χ2n) is 19.2. The van der Waals surface area contributed by atoms with Gasteiger partial charge in [-0.25, -0.2) is 0 Å². The molecule has 10 aromatic rings. The molecule has 0 fully saturated rings.